The molecule has 0 saturated heterocycles. The van der Waals surface area contributed by atoms with E-state index < -0.39 is 28.3 Å². The molecule has 1 amide bonds. The highest BCUT2D eigenvalue weighted by Crippen LogP contribution is 2.27. The minimum atomic E-state index is -3.83. The molecule has 0 fully saturated rings. The normalized spacial score (nSPS) is 24.2. The van der Waals surface area contributed by atoms with E-state index in [0.717, 1.165) is 19.3 Å². The second kappa shape index (κ2) is 10.3. The van der Waals surface area contributed by atoms with Crippen molar-refractivity contribution in [3.05, 3.63) is 11.0 Å². The fraction of sp³-hybridized carbons (Fsp3) is 0.824. The van der Waals surface area contributed by atoms with Gasteiger partial charge < -0.3 is 15.8 Å². The van der Waals surface area contributed by atoms with Gasteiger partial charge >= 0.3 is 0 Å². The van der Waals surface area contributed by atoms with Crippen LogP contribution < -0.4 is 11.1 Å². The van der Waals surface area contributed by atoms with Crippen LogP contribution in [0.4, 0.5) is 0 Å². The predicted octanol–water partition coefficient (Wildman–Crippen LogP) is 1.83. The van der Waals surface area contributed by atoms with Gasteiger partial charge in [-0.25, -0.2) is 0 Å². The summed E-state index contributed by atoms with van der Waals surface area (Å²) in [5, 5.41) is 2.79. The van der Waals surface area contributed by atoms with Gasteiger partial charge in [0.05, 0.1) is 29.8 Å². The number of hydrogen-bond acceptors (Lipinski definition) is 6. The molecule has 0 aromatic carbocycles. The molecule has 0 radical (unpaired) electrons. The third-order valence-corrected chi connectivity index (χ3v) is 5.71. The van der Waals surface area contributed by atoms with E-state index in [-0.39, 0.29) is 29.9 Å². The van der Waals surface area contributed by atoms with Gasteiger partial charge in [0.1, 0.15) is 0 Å². The Balaban J connectivity index is 3.06. The third kappa shape index (κ3) is 6.69. The van der Waals surface area contributed by atoms with E-state index in [0.29, 0.717) is 6.42 Å². The van der Waals surface area contributed by atoms with Crippen LogP contribution in [0.25, 0.3) is 0 Å². The first-order valence-corrected chi connectivity index (χ1v) is 10.4. The molecule has 7 nitrogen and oxygen atoms in total. The van der Waals surface area contributed by atoms with Crippen LogP contribution in [0.15, 0.2) is 11.0 Å². The number of carbonyl (C=O) groups is 1. The van der Waals surface area contributed by atoms with Crippen LogP contribution in [0.1, 0.15) is 59.8 Å². The van der Waals surface area contributed by atoms with Crippen LogP contribution in [0.2, 0.25) is 0 Å². The van der Waals surface area contributed by atoms with E-state index in [4.69, 9.17) is 14.7 Å². The first-order valence-electron chi connectivity index (χ1n) is 9.03. The SMILES string of the molecule is CCCCOS(=O)(=O)C1=C[C@@H](OC(CC)CC)[C@H](NC(C)=O)[C@@H](N)C1. The molecular formula is C17H32N2O5S. The first kappa shape index (κ1) is 22.1. The number of nitrogens with two attached hydrogens (primary N) is 1. The molecule has 0 saturated carbocycles. The van der Waals surface area contributed by atoms with Crippen molar-refractivity contribution in [2.24, 2.45) is 5.73 Å². The summed E-state index contributed by atoms with van der Waals surface area (Å²) in [5.74, 6) is -0.225. The van der Waals surface area contributed by atoms with Crippen LogP contribution in [-0.2, 0) is 23.8 Å². The van der Waals surface area contributed by atoms with E-state index in [1.54, 1.807) is 6.08 Å². The zero-order valence-electron chi connectivity index (χ0n) is 15.7. The van der Waals surface area contributed by atoms with Gasteiger partial charge in [-0.2, -0.15) is 8.42 Å². The average Bonchev–Trinajstić information content (AvgIpc) is 2.54. The van der Waals surface area contributed by atoms with Crippen molar-refractivity contribution in [1.82, 2.24) is 5.32 Å². The van der Waals surface area contributed by atoms with Gasteiger partial charge in [-0.1, -0.05) is 27.2 Å². The van der Waals surface area contributed by atoms with Crippen molar-refractivity contribution in [3.8, 4) is 0 Å². The molecule has 0 aromatic heterocycles. The van der Waals surface area contributed by atoms with Gasteiger partial charge in [-0.05, 0) is 25.3 Å². The molecule has 25 heavy (non-hydrogen) atoms. The molecule has 0 aromatic rings. The highest BCUT2D eigenvalue weighted by molar-refractivity contribution is 7.90. The molecule has 0 bridgehead atoms. The lowest BCUT2D eigenvalue weighted by Crippen LogP contribution is -2.57. The summed E-state index contributed by atoms with van der Waals surface area (Å²) in [5.41, 5.74) is 6.16. The lowest BCUT2D eigenvalue weighted by Gasteiger charge is -2.36. The van der Waals surface area contributed by atoms with Gasteiger partial charge in [0.2, 0.25) is 5.91 Å². The second-order valence-corrected chi connectivity index (χ2v) is 8.06. The minimum Gasteiger partial charge on any atom is -0.369 e. The van der Waals surface area contributed by atoms with E-state index in [1.165, 1.54) is 6.92 Å². The summed E-state index contributed by atoms with van der Waals surface area (Å²) < 4.78 is 36.0. The maximum absolute atomic E-state index is 12.4. The zero-order chi connectivity index (χ0) is 19.0. The Kier molecular flexibility index (Phi) is 9.06. The Hall–Kier alpha value is -0.960. The van der Waals surface area contributed by atoms with Gasteiger partial charge in [0.15, 0.2) is 0 Å². The number of rotatable bonds is 10. The van der Waals surface area contributed by atoms with Gasteiger partial charge in [-0.15, -0.1) is 0 Å². The lowest BCUT2D eigenvalue weighted by molar-refractivity contribution is -0.121. The standard InChI is InChI=1S/C17H32N2O5S/c1-5-8-9-23-25(21,22)14-10-15(18)17(19-12(4)20)16(11-14)24-13(6-2)7-3/h11,13,15-17H,5-10,18H2,1-4H3,(H,19,20)/t15-,16+,17+/m0/s1. The molecule has 0 heterocycles. The van der Waals surface area contributed by atoms with Crippen molar-refractivity contribution in [2.75, 3.05) is 6.61 Å². The van der Waals surface area contributed by atoms with E-state index in [2.05, 4.69) is 5.32 Å². The van der Waals surface area contributed by atoms with Crippen molar-refractivity contribution in [1.29, 1.82) is 0 Å². The number of hydrogen-bond donors (Lipinski definition) is 2. The molecule has 146 valence electrons. The molecule has 1 rings (SSSR count). The summed E-state index contributed by atoms with van der Waals surface area (Å²) in [4.78, 5) is 11.6. The Labute approximate surface area is 151 Å². The fourth-order valence-corrected chi connectivity index (χ4v) is 3.97. The molecular weight excluding hydrogens is 344 g/mol. The molecule has 1 aliphatic rings. The summed E-state index contributed by atoms with van der Waals surface area (Å²) in [6.45, 7) is 7.52. The maximum atomic E-state index is 12.4. The topological polar surface area (TPSA) is 108 Å². The predicted molar refractivity (Wildman–Crippen MR) is 97.3 cm³/mol. The first-order chi connectivity index (χ1) is 11.7. The largest absolute Gasteiger partial charge is 0.369 e. The fourth-order valence-electron chi connectivity index (χ4n) is 2.78. The zero-order valence-corrected chi connectivity index (χ0v) is 16.5. The Morgan fingerprint density at radius 2 is 2.00 bits per heavy atom. The Morgan fingerprint density at radius 3 is 2.52 bits per heavy atom. The number of nitrogens with one attached hydrogen (secondary N) is 1. The minimum absolute atomic E-state index is 0.0345. The van der Waals surface area contributed by atoms with Crippen molar-refractivity contribution >= 4 is 16.0 Å². The van der Waals surface area contributed by atoms with Gasteiger partial charge in [-0.3, -0.25) is 8.98 Å². The summed E-state index contributed by atoms with van der Waals surface area (Å²) in [7, 11) is -3.83. The van der Waals surface area contributed by atoms with Crippen LogP contribution in [0.3, 0.4) is 0 Å². The van der Waals surface area contributed by atoms with E-state index >= 15 is 0 Å². The van der Waals surface area contributed by atoms with Crippen LogP contribution in [-0.4, -0.2) is 45.2 Å². The molecule has 0 aliphatic heterocycles. The summed E-state index contributed by atoms with van der Waals surface area (Å²) in [6.07, 6.45) is 4.12. The molecule has 0 spiro atoms. The molecule has 8 heteroatoms. The van der Waals surface area contributed by atoms with Crippen molar-refractivity contribution in [3.63, 3.8) is 0 Å². The Bertz CT molecular complexity index is 557. The van der Waals surface area contributed by atoms with Crippen LogP contribution in [0, 0.1) is 0 Å². The quantitative estimate of drug-likeness (QED) is 0.445. The van der Waals surface area contributed by atoms with Gasteiger partial charge in [0.25, 0.3) is 10.1 Å². The molecule has 3 N–H and O–H groups in total. The van der Waals surface area contributed by atoms with Crippen molar-refractivity contribution < 1.29 is 22.1 Å². The molecule has 3 atom stereocenters. The molecule has 1 aliphatic carbocycles. The average molecular weight is 377 g/mol. The summed E-state index contributed by atoms with van der Waals surface area (Å²) in [6, 6.07) is -1.03. The van der Waals surface area contributed by atoms with Crippen LogP contribution in [0.5, 0.6) is 0 Å². The second-order valence-electron chi connectivity index (χ2n) is 6.40. The van der Waals surface area contributed by atoms with Crippen LogP contribution >= 0.6 is 0 Å². The van der Waals surface area contributed by atoms with Crippen molar-refractivity contribution in [2.45, 2.75) is 84.1 Å². The Morgan fingerprint density at radius 1 is 1.36 bits per heavy atom. The number of ether oxygens (including phenoxy) is 1. The monoisotopic (exact) mass is 376 g/mol. The number of carbonyl (C=O) groups excluding carboxylic acids is 1. The number of amides is 1. The smallest absolute Gasteiger partial charge is 0.292 e. The van der Waals surface area contributed by atoms with Gasteiger partial charge in [0, 0.05) is 19.4 Å². The highest BCUT2D eigenvalue weighted by atomic mass is 32.2. The molecule has 0 unspecified atom stereocenters. The van der Waals surface area contributed by atoms with E-state index in [1.807, 2.05) is 20.8 Å². The summed E-state index contributed by atoms with van der Waals surface area (Å²) >= 11 is 0. The highest BCUT2D eigenvalue weighted by Gasteiger charge is 2.37. The number of unbranched alkanes of at least 4 members (excludes halogenated alkanes) is 1. The van der Waals surface area contributed by atoms with E-state index in [9.17, 15) is 13.2 Å². The lowest BCUT2D eigenvalue weighted by atomic mass is 9.93. The third-order valence-electron chi connectivity index (χ3n) is 4.29. The maximum Gasteiger partial charge on any atom is 0.292 e.